The Balaban J connectivity index is 1.95. The van der Waals surface area contributed by atoms with Crippen LogP contribution in [0.25, 0.3) is 0 Å². The van der Waals surface area contributed by atoms with E-state index in [1.165, 1.54) is 44.9 Å². The SMILES string of the molecule is CC1CNCC2(CCCCCCC2)O1. The fourth-order valence-corrected chi connectivity index (χ4v) is 2.86. The summed E-state index contributed by atoms with van der Waals surface area (Å²) in [6.07, 6.45) is 9.89. The van der Waals surface area contributed by atoms with E-state index in [9.17, 15) is 0 Å². The zero-order chi connectivity index (χ0) is 9.86. The Morgan fingerprint density at radius 3 is 2.36 bits per heavy atom. The zero-order valence-electron chi connectivity index (χ0n) is 9.35. The van der Waals surface area contributed by atoms with E-state index in [1.807, 2.05) is 0 Å². The fraction of sp³-hybridized carbons (Fsp3) is 1.00. The molecule has 14 heavy (non-hydrogen) atoms. The second kappa shape index (κ2) is 4.63. The zero-order valence-corrected chi connectivity index (χ0v) is 9.35. The lowest BCUT2D eigenvalue weighted by Crippen LogP contribution is -2.53. The highest BCUT2D eigenvalue weighted by Gasteiger charge is 2.35. The topological polar surface area (TPSA) is 21.3 Å². The average molecular weight is 197 g/mol. The van der Waals surface area contributed by atoms with Gasteiger partial charge in [0, 0.05) is 13.1 Å². The van der Waals surface area contributed by atoms with Crippen molar-refractivity contribution in [3.8, 4) is 0 Å². The average Bonchev–Trinajstić information content (AvgIpc) is 2.12. The highest BCUT2D eigenvalue weighted by Crippen LogP contribution is 2.31. The Morgan fingerprint density at radius 1 is 1.07 bits per heavy atom. The first-order valence-electron chi connectivity index (χ1n) is 6.19. The standard InChI is InChI=1S/C12H23NO/c1-11-9-13-10-12(14-11)7-5-3-2-4-6-8-12/h11,13H,2-10H2,1H3. The lowest BCUT2D eigenvalue weighted by atomic mass is 9.85. The molecule has 2 nitrogen and oxygen atoms in total. The second-order valence-corrected chi connectivity index (χ2v) is 5.01. The van der Waals surface area contributed by atoms with E-state index in [1.54, 1.807) is 0 Å². The van der Waals surface area contributed by atoms with Crippen molar-refractivity contribution < 1.29 is 4.74 Å². The first kappa shape index (κ1) is 10.4. The molecular weight excluding hydrogens is 174 g/mol. The number of rotatable bonds is 0. The van der Waals surface area contributed by atoms with Crippen molar-refractivity contribution in [2.75, 3.05) is 13.1 Å². The molecule has 1 N–H and O–H groups in total. The van der Waals surface area contributed by atoms with Crippen LogP contribution in [-0.4, -0.2) is 24.8 Å². The highest BCUT2D eigenvalue weighted by molar-refractivity contribution is 4.89. The molecule has 0 amide bonds. The molecule has 1 heterocycles. The van der Waals surface area contributed by atoms with Crippen LogP contribution in [-0.2, 0) is 4.74 Å². The Kier molecular flexibility index (Phi) is 3.45. The summed E-state index contributed by atoms with van der Waals surface area (Å²) in [6, 6.07) is 0. The third-order valence-corrected chi connectivity index (χ3v) is 3.59. The molecule has 1 aliphatic carbocycles. The van der Waals surface area contributed by atoms with Crippen molar-refractivity contribution in [2.45, 2.75) is 63.6 Å². The van der Waals surface area contributed by atoms with Gasteiger partial charge in [0.05, 0.1) is 11.7 Å². The van der Waals surface area contributed by atoms with Gasteiger partial charge < -0.3 is 10.1 Å². The molecule has 0 aromatic rings. The van der Waals surface area contributed by atoms with Gasteiger partial charge in [-0.05, 0) is 19.8 Å². The monoisotopic (exact) mass is 197 g/mol. The molecule has 2 aliphatic rings. The Bertz CT molecular complexity index is 173. The van der Waals surface area contributed by atoms with Crippen LogP contribution < -0.4 is 5.32 Å². The summed E-state index contributed by atoms with van der Waals surface area (Å²) in [4.78, 5) is 0. The molecule has 0 bridgehead atoms. The van der Waals surface area contributed by atoms with E-state index in [-0.39, 0.29) is 5.60 Å². The van der Waals surface area contributed by atoms with Gasteiger partial charge in [0.25, 0.3) is 0 Å². The van der Waals surface area contributed by atoms with E-state index in [2.05, 4.69) is 12.2 Å². The molecule has 1 unspecified atom stereocenters. The molecule has 0 aromatic heterocycles. The molecule has 82 valence electrons. The minimum absolute atomic E-state index is 0.193. The van der Waals surface area contributed by atoms with E-state index in [4.69, 9.17) is 4.74 Å². The van der Waals surface area contributed by atoms with E-state index in [0.29, 0.717) is 6.10 Å². The lowest BCUT2D eigenvalue weighted by Gasteiger charge is -2.42. The Labute approximate surface area is 87.4 Å². The van der Waals surface area contributed by atoms with Gasteiger partial charge in [0.15, 0.2) is 0 Å². The van der Waals surface area contributed by atoms with E-state index in [0.717, 1.165) is 13.1 Å². The molecule has 0 radical (unpaired) electrons. The van der Waals surface area contributed by atoms with Gasteiger partial charge in [-0.3, -0.25) is 0 Å². The molecule has 0 aromatic carbocycles. The maximum absolute atomic E-state index is 6.19. The minimum Gasteiger partial charge on any atom is -0.369 e. The summed E-state index contributed by atoms with van der Waals surface area (Å²) < 4.78 is 6.19. The number of hydrogen-bond donors (Lipinski definition) is 1. The smallest absolute Gasteiger partial charge is 0.0810 e. The van der Waals surface area contributed by atoms with Crippen LogP contribution in [0, 0.1) is 0 Å². The maximum Gasteiger partial charge on any atom is 0.0810 e. The quantitative estimate of drug-likeness (QED) is 0.644. The normalized spacial score (nSPS) is 33.6. The summed E-state index contributed by atoms with van der Waals surface area (Å²) in [5.41, 5.74) is 0.193. The molecule has 1 aliphatic heterocycles. The van der Waals surface area contributed by atoms with Crippen LogP contribution in [0.4, 0.5) is 0 Å². The predicted molar refractivity (Wildman–Crippen MR) is 58.5 cm³/mol. The third kappa shape index (κ3) is 2.48. The van der Waals surface area contributed by atoms with E-state index >= 15 is 0 Å². The largest absolute Gasteiger partial charge is 0.369 e. The van der Waals surface area contributed by atoms with Crippen molar-refractivity contribution in [3.63, 3.8) is 0 Å². The molecule has 2 heteroatoms. The van der Waals surface area contributed by atoms with Crippen LogP contribution in [0.3, 0.4) is 0 Å². The summed E-state index contributed by atoms with van der Waals surface area (Å²) in [5.74, 6) is 0. The molecule has 1 saturated heterocycles. The van der Waals surface area contributed by atoms with Crippen molar-refractivity contribution in [2.24, 2.45) is 0 Å². The van der Waals surface area contributed by atoms with Crippen LogP contribution in [0.1, 0.15) is 51.9 Å². The molecule has 2 fully saturated rings. The van der Waals surface area contributed by atoms with Crippen LogP contribution >= 0.6 is 0 Å². The van der Waals surface area contributed by atoms with Crippen molar-refractivity contribution in [1.82, 2.24) is 5.32 Å². The van der Waals surface area contributed by atoms with Crippen molar-refractivity contribution in [1.29, 1.82) is 0 Å². The van der Waals surface area contributed by atoms with Crippen LogP contribution in [0.15, 0.2) is 0 Å². The second-order valence-electron chi connectivity index (χ2n) is 5.01. The summed E-state index contributed by atoms with van der Waals surface area (Å²) in [7, 11) is 0. The van der Waals surface area contributed by atoms with Crippen molar-refractivity contribution >= 4 is 0 Å². The molecule has 1 spiro atoms. The first-order chi connectivity index (χ1) is 6.81. The summed E-state index contributed by atoms with van der Waals surface area (Å²) in [5, 5.41) is 3.52. The van der Waals surface area contributed by atoms with E-state index < -0.39 is 0 Å². The summed E-state index contributed by atoms with van der Waals surface area (Å²) >= 11 is 0. The van der Waals surface area contributed by atoms with Crippen molar-refractivity contribution in [3.05, 3.63) is 0 Å². The van der Waals surface area contributed by atoms with Crippen LogP contribution in [0.5, 0.6) is 0 Å². The fourth-order valence-electron chi connectivity index (χ4n) is 2.86. The number of ether oxygens (including phenoxy) is 1. The minimum atomic E-state index is 0.193. The number of hydrogen-bond acceptors (Lipinski definition) is 2. The van der Waals surface area contributed by atoms with Gasteiger partial charge in [0.2, 0.25) is 0 Å². The van der Waals surface area contributed by atoms with Crippen LogP contribution in [0.2, 0.25) is 0 Å². The maximum atomic E-state index is 6.19. The molecule has 1 saturated carbocycles. The number of nitrogens with one attached hydrogen (secondary N) is 1. The lowest BCUT2D eigenvalue weighted by molar-refractivity contribution is -0.121. The first-order valence-corrected chi connectivity index (χ1v) is 6.19. The Morgan fingerprint density at radius 2 is 1.71 bits per heavy atom. The van der Waals surface area contributed by atoms with Gasteiger partial charge in [0.1, 0.15) is 0 Å². The number of morpholine rings is 1. The predicted octanol–water partition coefficient (Wildman–Crippen LogP) is 2.48. The van der Waals surface area contributed by atoms with Gasteiger partial charge in [-0.25, -0.2) is 0 Å². The Hall–Kier alpha value is -0.0800. The molecular formula is C12H23NO. The molecule has 1 atom stereocenters. The van der Waals surface area contributed by atoms with Gasteiger partial charge in [-0.15, -0.1) is 0 Å². The highest BCUT2D eigenvalue weighted by atomic mass is 16.5. The third-order valence-electron chi connectivity index (χ3n) is 3.59. The van der Waals surface area contributed by atoms with Gasteiger partial charge in [-0.1, -0.05) is 32.1 Å². The van der Waals surface area contributed by atoms with Gasteiger partial charge >= 0.3 is 0 Å². The molecule has 2 rings (SSSR count). The van der Waals surface area contributed by atoms with Gasteiger partial charge in [-0.2, -0.15) is 0 Å². The summed E-state index contributed by atoms with van der Waals surface area (Å²) in [6.45, 7) is 4.30.